The maximum Gasteiger partial charge on any atom is 0.0184 e. The van der Waals surface area contributed by atoms with E-state index in [1.807, 2.05) is 0 Å². The minimum atomic E-state index is 0.740. The van der Waals surface area contributed by atoms with E-state index in [1.165, 1.54) is 37.0 Å². The van der Waals surface area contributed by atoms with Crippen molar-refractivity contribution >= 4 is 11.8 Å². The number of hydrogen-bond donors (Lipinski definition) is 1. The van der Waals surface area contributed by atoms with Crippen molar-refractivity contribution in [1.82, 2.24) is 5.32 Å². The third kappa shape index (κ3) is 4.36. The molecule has 1 aromatic carbocycles. The molecule has 1 aromatic rings. The average Bonchev–Trinajstić information content (AvgIpc) is 2.38. The first-order chi connectivity index (χ1) is 8.36. The summed E-state index contributed by atoms with van der Waals surface area (Å²) in [6, 6.07) is 11.5. The van der Waals surface area contributed by atoms with Crippen molar-refractivity contribution in [2.45, 2.75) is 43.9 Å². The topological polar surface area (TPSA) is 12.0 Å². The van der Waals surface area contributed by atoms with Crippen molar-refractivity contribution in [3.8, 4) is 0 Å². The van der Waals surface area contributed by atoms with Crippen molar-refractivity contribution in [2.75, 3.05) is 12.3 Å². The van der Waals surface area contributed by atoms with Crippen molar-refractivity contribution in [1.29, 1.82) is 0 Å². The van der Waals surface area contributed by atoms with Crippen LogP contribution in [-0.4, -0.2) is 23.6 Å². The number of benzene rings is 1. The summed E-state index contributed by atoms with van der Waals surface area (Å²) in [5, 5.41) is 4.51. The van der Waals surface area contributed by atoms with E-state index in [2.05, 4.69) is 54.3 Å². The van der Waals surface area contributed by atoms with E-state index in [-0.39, 0.29) is 0 Å². The van der Waals surface area contributed by atoms with Crippen LogP contribution in [0.1, 0.15) is 31.7 Å². The molecular formula is C15H23NS. The van der Waals surface area contributed by atoms with Crippen LogP contribution in [0.2, 0.25) is 0 Å². The predicted molar refractivity (Wildman–Crippen MR) is 77.7 cm³/mol. The first-order valence-electron chi connectivity index (χ1n) is 6.75. The summed E-state index contributed by atoms with van der Waals surface area (Å²) < 4.78 is 0. The Bertz CT molecular complexity index is 312. The van der Waals surface area contributed by atoms with Gasteiger partial charge in [0.2, 0.25) is 0 Å². The minimum absolute atomic E-state index is 0.740. The van der Waals surface area contributed by atoms with Gasteiger partial charge in [-0.2, -0.15) is 11.8 Å². The van der Waals surface area contributed by atoms with E-state index in [1.54, 1.807) is 0 Å². The lowest BCUT2D eigenvalue weighted by Gasteiger charge is -2.29. The molecule has 0 aliphatic carbocycles. The van der Waals surface area contributed by atoms with Crippen LogP contribution in [0.5, 0.6) is 0 Å². The van der Waals surface area contributed by atoms with Gasteiger partial charge in [0, 0.05) is 11.3 Å². The summed E-state index contributed by atoms with van der Waals surface area (Å²) >= 11 is 2.12. The molecule has 2 unspecified atom stereocenters. The summed E-state index contributed by atoms with van der Waals surface area (Å²) in [5.41, 5.74) is 1.46. The Labute approximate surface area is 109 Å². The molecule has 1 heterocycles. The molecular weight excluding hydrogens is 226 g/mol. The molecule has 0 aromatic heterocycles. The van der Waals surface area contributed by atoms with Crippen LogP contribution in [-0.2, 0) is 6.42 Å². The second-order valence-electron chi connectivity index (χ2n) is 4.87. The van der Waals surface area contributed by atoms with Gasteiger partial charge in [0.05, 0.1) is 0 Å². The zero-order chi connectivity index (χ0) is 11.9. The first kappa shape index (κ1) is 13.0. The highest BCUT2D eigenvalue weighted by Crippen LogP contribution is 2.24. The molecule has 2 heteroatoms. The molecule has 17 heavy (non-hydrogen) atoms. The molecule has 1 aliphatic rings. The highest BCUT2D eigenvalue weighted by molar-refractivity contribution is 7.99. The van der Waals surface area contributed by atoms with Crippen molar-refractivity contribution in [3.05, 3.63) is 35.9 Å². The van der Waals surface area contributed by atoms with Gasteiger partial charge in [-0.15, -0.1) is 0 Å². The lowest BCUT2D eigenvalue weighted by molar-refractivity contribution is 0.458. The molecule has 0 saturated carbocycles. The minimum Gasteiger partial charge on any atom is -0.313 e. The molecule has 1 aliphatic heterocycles. The van der Waals surface area contributed by atoms with Gasteiger partial charge in [-0.1, -0.05) is 37.3 Å². The average molecular weight is 249 g/mol. The predicted octanol–water partition coefficient (Wildman–Crippen LogP) is 3.49. The third-order valence-electron chi connectivity index (χ3n) is 3.50. The second kappa shape index (κ2) is 7.07. The standard InChI is InChI=1S/C15H23NS/c1-13-15(10-6-12-17-13)16-11-5-9-14-7-3-2-4-8-14/h2-4,7-8,13,15-16H,5-6,9-12H2,1H3. The van der Waals surface area contributed by atoms with E-state index in [0.717, 1.165) is 17.8 Å². The summed E-state index contributed by atoms with van der Waals surface area (Å²) in [7, 11) is 0. The van der Waals surface area contributed by atoms with E-state index < -0.39 is 0 Å². The van der Waals surface area contributed by atoms with E-state index in [4.69, 9.17) is 0 Å². The molecule has 1 nitrogen and oxygen atoms in total. The molecule has 1 N–H and O–H groups in total. The maximum absolute atomic E-state index is 3.72. The largest absolute Gasteiger partial charge is 0.313 e. The molecule has 2 atom stereocenters. The fourth-order valence-electron chi connectivity index (χ4n) is 2.42. The third-order valence-corrected chi connectivity index (χ3v) is 4.88. The van der Waals surface area contributed by atoms with Gasteiger partial charge in [0.1, 0.15) is 0 Å². The molecule has 0 radical (unpaired) electrons. The van der Waals surface area contributed by atoms with Crippen molar-refractivity contribution < 1.29 is 0 Å². The number of aryl methyl sites for hydroxylation is 1. The SMILES string of the molecule is CC1SCCCC1NCCCc1ccccc1. The smallest absolute Gasteiger partial charge is 0.0184 e. The Morgan fingerprint density at radius 1 is 1.29 bits per heavy atom. The van der Waals surface area contributed by atoms with Gasteiger partial charge in [0.15, 0.2) is 0 Å². The monoisotopic (exact) mass is 249 g/mol. The Hall–Kier alpha value is -0.470. The van der Waals surface area contributed by atoms with Crippen LogP contribution in [0.15, 0.2) is 30.3 Å². The number of hydrogen-bond acceptors (Lipinski definition) is 2. The van der Waals surface area contributed by atoms with Crippen LogP contribution < -0.4 is 5.32 Å². The fraction of sp³-hybridized carbons (Fsp3) is 0.600. The Kier molecular flexibility index (Phi) is 5.40. The second-order valence-corrected chi connectivity index (χ2v) is 6.35. The molecule has 0 amide bonds. The molecule has 0 spiro atoms. The Morgan fingerprint density at radius 3 is 2.88 bits per heavy atom. The van der Waals surface area contributed by atoms with Gasteiger partial charge in [-0.25, -0.2) is 0 Å². The zero-order valence-corrected chi connectivity index (χ0v) is 11.5. The lowest BCUT2D eigenvalue weighted by Crippen LogP contribution is -2.39. The summed E-state index contributed by atoms with van der Waals surface area (Å²) in [5.74, 6) is 1.35. The Morgan fingerprint density at radius 2 is 2.12 bits per heavy atom. The van der Waals surface area contributed by atoms with E-state index >= 15 is 0 Å². The van der Waals surface area contributed by atoms with Crippen molar-refractivity contribution in [3.63, 3.8) is 0 Å². The molecule has 1 fully saturated rings. The quantitative estimate of drug-likeness (QED) is 0.802. The van der Waals surface area contributed by atoms with E-state index in [9.17, 15) is 0 Å². The number of rotatable bonds is 5. The highest BCUT2D eigenvalue weighted by atomic mass is 32.2. The summed E-state index contributed by atoms with van der Waals surface area (Å²) in [6.07, 6.45) is 5.19. The molecule has 0 bridgehead atoms. The van der Waals surface area contributed by atoms with Crippen LogP contribution in [0.3, 0.4) is 0 Å². The number of nitrogens with one attached hydrogen (secondary N) is 1. The van der Waals surface area contributed by atoms with Crippen molar-refractivity contribution in [2.24, 2.45) is 0 Å². The van der Waals surface area contributed by atoms with Crippen LogP contribution in [0, 0.1) is 0 Å². The normalized spacial score (nSPS) is 24.8. The first-order valence-corrected chi connectivity index (χ1v) is 7.80. The number of thioether (sulfide) groups is 1. The molecule has 1 saturated heterocycles. The van der Waals surface area contributed by atoms with Gasteiger partial charge >= 0.3 is 0 Å². The zero-order valence-electron chi connectivity index (χ0n) is 10.7. The molecule has 94 valence electrons. The summed E-state index contributed by atoms with van der Waals surface area (Å²) in [4.78, 5) is 0. The van der Waals surface area contributed by atoms with Gasteiger partial charge in [-0.05, 0) is 43.5 Å². The Balaban J connectivity index is 1.63. The molecule has 2 rings (SSSR count). The van der Waals surface area contributed by atoms with Crippen LogP contribution >= 0.6 is 11.8 Å². The fourth-order valence-corrected chi connectivity index (χ4v) is 3.59. The van der Waals surface area contributed by atoms with Crippen LogP contribution in [0.4, 0.5) is 0 Å². The lowest BCUT2D eigenvalue weighted by atomic mass is 10.1. The van der Waals surface area contributed by atoms with E-state index in [0.29, 0.717) is 0 Å². The highest BCUT2D eigenvalue weighted by Gasteiger charge is 2.20. The van der Waals surface area contributed by atoms with Crippen LogP contribution in [0.25, 0.3) is 0 Å². The van der Waals surface area contributed by atoms with Gasteiger partial charge in [0.25, 0.3) is 0 Å². The summed E-state index contributed by atoms with van der Waals surface area (Å²) in [6.45, 7) is 3.52. The van der Waals surface area contributed by atoms with Gasteiger partial charge in [-0.3, -0.25) is 0 Å². The van der Waals surface area contributed by atoms with Gasteiger partial charge < -0.3 is 5.32 Å². The maximum atomic E-state index is 3.72.